The van der Waals surface area contributed by atoms with E-state index in [1.54, 1.807) is 20.8 Å². The zero-order valence-corrected chi connectivity index (χ0v) is 11.6. The van der Waals surface area contributed by atoms with E-state index in [-0.39, 0.29) is 13.1 Å². The first-order chi connectivity index (χ1) is 9.07. The van der Waals surface area contributed by atoms with Gasteiger partial charge in [-0.1, -0.05) is 0 Å². The number of nitrogens with zero attached hydrogens (tertiary/aromatic N) is 2. The molecule has 0 aliphatic rings. The quantitative estimate of drug-likeness (QED) is 0.928. The Balaban J connectivity index is 2.49. The summed E-state index contributed by atoms with van der Waals surface area (Å²) >= 11 is 0. The topological polar surface area (TPSA) is 56.1 Å². The van der Waals surface area contributed by atoms with Crippen LogP contribution in [-0.2, 0) is 17.8 Å². The van der Waals surface area contributed by atoms with Gasteiger partial charge in [0.05, 0.1) is 25.0 Å². The molecular formula is C12H18F3N3O2. The zero-order chi connectivity index (χ0) is 15.4. The molecule has 0 fully saturated rings. The summed E-state index contributed by atoms with van der Waals surface area (Å²) in [6, 6.07) is 0. The highest BCUT2D eigenvalue weighted by atomic mass is 19.4. The Hall–Kier alpha value is -1.73. The zero-order valence-electron chi connectivity index (χ0n) is 11.6. The van der Waals surface area contributed by atoms with E-state index in [1.807, 2.05) is 0 Å². The van der Waals surface area contributed by atoms with Crippen LogP contribution in [0.15, 0.2) is 12.5 Å². The normalized spacial score (nSPS) is 12.3. The third-order valence-electron chi connectivity index (χ3n) is 2.25. The van der Waals surface area contributed by atoms with E-state index in [0.29, 0.717) is 5.69 Å². The Morgan fingerprint density at radius 2 is 2.05 bits per heavy atom. The fraction of sp³-hybridized carbons (Fsp3) is 0.667. The molecule has 0 radical (unpaired) electrons. The molecule has 0 spiro atoms. The fourth-order valence-electron chi connectivity index (χ4n) is 1.42. The van der Waals surface area contributed by atoms with Gasteiger partial charge < -0.3 is 14.6 Å². The third kappa shape index (κ3) is 6.44. The maximum atomic E-state index is 12.2. The third-order valence-corrected chi connectivity index (χ3v) is 2.25. The van der Waals surface area contributed by atoms with Crippen molar-refractivity contribution in [2.24, 2.45) is 0 Å². The summed E-state index contributed by atoms with van der Waals surface area (Å²) in [4.78, 5) is 15.2. The molecule has 1 rings (SSSR count). The highest BCUT2D eigenvalue weighted by molar-refractivity contribution is 5.67. The maximum absolute atomic E-state index is 12.2. The van der Waals surface area contributed by atoms with Crippen molar-refractivity contribution in [2.75, 3.05) is 0 Å². The summed E-state index contributed by atoms with van der Waals surface area (Å²) in [6.07, 6.45) is -3.07. The van der Waals surface area contributed by atoms with E-state index in [4.69, 9.17) is 4.74 Å². The summed E-state index contributed by atoms with van der Waals surface area (Å²) in [7, 11) is 0. The lowest BCUT2D eigenvalue weighted by Gasteiger charge is -2.19. The number of alkyl carbamates (subject to hydrolysis) is 1. The van der Waals surface area contributed by atoms with Gasteiger partial charge in [-0.2, -0.15) is 13.2 Å². The van der Waals surface area contributed by atoms with Crippen LogP contribution in [0.2, 0.25) is 0 Å². The fourth-order valence-corrected chi connectivity index (χ4v) is 1.42. The van der Waals surface area contributed by atoms with Crippen LogP contribution in [0.25, 0.3) is 0 Å². The Kier molecular flexibility index (Phi) is 5.02. The maximum Gasteiger partial charge on any atom is 0.407 e. The minimum absolute atomic E-state index is 0.0623. The first kappa shape index (κ1) is 16.3. The van der Waals surface area contributed by atoms with Gasteiger partial charge in [0.1, 0.15) is 5.60 Å². The minimum atomic E-state index is -4.22. The molecule has 1 aromatic rings. The van der Waals surface area contributed by atoms with E-state index < -0.39 is 24.3 Å². The summed E-state index contributed by atoms with van der Waals surface area (Å²) in [5.74, 6) is 0. The Bertz CT molecular complexity index is 450. The molecule has 1 N–H and O–H groups in total. The summed E-state index contributed by atoms with van der Waals surface area (Å²) in [6.45, 7) is 5.00. The van der Waals surface area contributed by atoms with Crippen LogP contribution < -0.4 is 5.32 Å². The van der Waals surface area contributed by atoms with E-state index in [1.165, 1.54) is 17.1 Å². The van der Waals surface area contributed by atoms with Crippen molar-refractivity contribution in [1.82, 2.24) is 14.9 Å². The average Bonchev–Trinajstić information content (AvgIpc) is 2.67. The Morgan fingerprint density at radius 1 is 1.40 bits per heavy atom. The van der Waals surface area contributed by atoms with Crippen LogP contribution >= 0.6 is 0 Å². The molecule has 1 amide bonds. The van der Waals surface area contributed by atoms with Crippen molar-refractivity contribution in [3.05, 3.63) is 18.2 Å². The number of carbonyl (C=O) groups excluding carboxylic acids is 1. The number of rotatable bonds is 4. The lowest BCUT2D eigenvalue weighted by Crippen LogP contribution is -2.32. The molecule has 5 nitrogen and oxygen atoms in total. The van der Waals surface area contributed by atoms with Crippen molar-refractivity contribution in [3.63, 3.8) is 0 Å². The number of carbonyl (C=O) groups is 1. The van der Waals surface area contributed by atoms with Crippen LogP contribution in [0.4, 0.5) is 18.0 Å². The molecule has 0 aliphatic heterocycles. The molecule has 0 atom stereocenters. The van der Waals surface area contributed by atoms with Crippen molar-refractivity contribution in [2.45, 2.75) is 52.1 Å². The molecule has 1 aromatic heterocycles. The molecule has 0 bridgehead atoms. The number of hydrogen-bond donors (Lipinski definition) is 1. The number of halogens is 3. The van der Waals surface area contributed by atoms with Crippen LogP contribution in [-0.4, -0.2) is 27.4 Å². The molecule has 0 aromatic carbocycles. The predicted octanol–water partition coefficient (Wildman–Crippen LogP) is 2.86. The second-order valence-corrected chi connectivity index (χ2v) is 5.30. The largest absolute Gasteiger partial charge is 0.444 e. The second-order valence-electron chi connectivity index (χ2n) is 5.30. The van der Waals surface area contributed by atoms with E-state index >= 15 is 0 Å². The molecule has 20 heavy (non-hydrogen) atoms. The number of nitrogens with one attached hydrogen (secondary N) is 1. The summed E-state index contributed by atoms with van der Waals surface area (Å²) < 4.78 is 42.8. The average molecular weight is 293 g/mol. The molecule has 1 heterocycles. The van der Waals surface area contributed by atoms with E-state index in [9.17, 15) is 18.0 Å². The van der Waals surface area contributed by atoms with Gasteiger partial charge in [0.2, 0.25) is 0 Å². The van der Waals surface area contributed by atoms with Gasteiger partial charge >= 0.3 is 12.3 Å². The summed E-state index contributed by atoms with van der Waals surface area (Å²) in [5, 5.41) is 2.48. The van der Waals surface area contributed by atoms with Gasteiger partial charge in [-0.15, -0.1) is 0 Å². The highest BCUT2D eigenvalue weighted by Crippen LogP contribution is 2.20. The van der Waals surface area contributed by atoms with Crippen LogP contribution in [0.1, 0.15) is 32.9 Å². The highest BCUT2D eigenvalue weighted by Gasteiger charge is 2.27. The monoisotopic (exact) mass is 293 g/mol. The molecule has 0 saturated heterocycles. The number of hydrogen-bond acceptors (Lipinski definition) is 3. The lowest BCUT2D eigenvalue weighted by atomic mass is 10.2. The SMILES string of the molecule is CC(C)(C)OC(=O)NCc1cncn1CCC(F)(F)F. The standard InChI is InChI=1S/C12H18F3N3O2/c1-11(2,3)20-10(19)17-7-9-6-16-8-18(9)5-4-12(13,14)15/h6,8H,4-5,7H2,1-3H3,(H,17,19). The number of ether oxygens (including phenoxy) is 1. The van der Waals surface area contributed by atoms with Gasteiger partial charge in [0.25, 0.3) is 0 Å². The van der Waals surface area contributed by atoms with Crippen molar-refractivity contribution >= 4 is 6.09 Å². The van der Waals surface area contributed by atoms with E-state index in [2.05, 4.69) is 10.3 Å². The summed E-state index contributed by atoms with van der Waals surface area (Å²) in [5.41, 5.74) is -0.138. The smallest absolute Gasteiger partial charge is 0.407 e. The Morgan fingerprint density at radius 3 is 2.60 bits per heavy atom. The van der Waals surface area contributed by atoms with Crippen LogP contribution in [0.5, 0.6) is 0 Å². The second kappa shape index (κ2) is 6.15. The number of alkyl halides is 3. The first-order valence-corrected chi connectivity index (χ1v) is 6.09. The molecule has 0 saturated carbocycles. The molecule has 114 valence electrons. The molecule has 0 aliphatic carbocycles. The van der Waals surface area contributed by atoms with Crippen LogP contribution in [0.3, 0.4) is 0 Å². The molecular weight excluding hydrogens is 275 g/mol. The van der Waals surface area contributed by atoms with Crippen molar-refractivity contribution in [1.29, 1.82) is 0 Å². The first-order valence-electron chi connectivity index (χ1n) is 6.09. The number of imidazole rings is 1. The van der Waals surface area contributed by atoms with Gasteiger partial charge in [-0.25, -0.2) is 9.78 Å². The molecule has 0 unspecified atom stereocenters. The van der Waals surface area contributed by atoms with Crippen molar-refractivity contribution in [3.8, 4) is 0 Å². The lowest BCUT2D eigenvalue weighted by molar-refractivity contribution is -0.136. The van der Waals surface area contributed by atoms with E-state index in [0.717, 1.165) is 0 Å². The number of amides is 1. The van der Waals surface area contributed by atoms with Crippen LogP contribution in [0, 0.1) is 0 Å². The number of aryl methyl sites for hydroxylation is 1. The minimum Gasteiger partial charge on any atom is -0.444 e. The Labute approximate surface area is 115 Å². The van der Waals surface area contributed by atoms with Gasteiger partial charge in [0, 0.05) is 12.7 Å². The van der Waals surface area contributed by atoms with Crippen molar-refractivity contribution < 1.29 is 22.7 Å². The molecule has 8 heteroatoms. The van der Waals surface area contributed by atoms with Gasteiger partial charge in [-0.3, -0.25) is 0 Å². The number of aromatic nitrogens is 2. The predicted molar refractivity (Wildman–Crippen MR) is 66.0 cm³/mol. The van der Waals surface area contributed by atoms with Gasteiger partial charge in [-0.05, 0) is 20.8 Å². The van der Waals surface area contributed by atoms with Gasteiger partial charge in [0.15, 0.2) is 0 Å².